The van der Waals surface area contributed by atoms with Crippen LogP contribution < -0.4 is 5.32 Å². The summed E-state index contributed by atoms with van der Waals surface area (Å²) >= 11 is 0. The van der Waals surface area contributed by atoms with E-state index in [0.29, 0.717) is 6.54 Å². The van der Waals surface area contributed by atoms with Crippen LogP contribution in [0, 0.1) is 0 Å². The van der Waals surface area contributed by atoms with E-state index < -0.39 is 11.9 Å². The van der Waals surface area contributed by atoms with Gasteiger partial charge in [-0.05, 0) is 0 Å². The molecule has 1 heterocycles. The van der Waals surface area contributed by atoms with Gasteiger partial charge in [0.05, 0.1) is 6.10 Å². The fraction of sp³-hybridized carbons (Fsp3) is 1.00. The molecule has 0 aromatic rings. The van der Waals surface area contributed by atoms with Crippen molar-refractivity contribution in [2.24, 2.45) is 0 Å². The van der Waals surface area contributed by atoms with Gasteiger partial charge < -0.3 is 20.6 Å². The molecule has 9 heavy (non-hydrogen) atoms. The second kappa shape index (κ2) is 2.22. The van der Waals surface area contributed by atoms with Crippen LogP contribution in [0.1, 0.15) is 6.42 Å². The van der Waals surface area contributed by atoms with Gasteiger partial charge in [-0.15, -0.1) is 0 Å². The van der Waals surface area contributed by atoms with Gasteiger partial charge in [0.25, 0.3) is 0 Å². The molecule has 0 aromatic heterocycles. The summed E-state index contributed by atoms with van der Waals surface area (Å²) in [5.74, 6) is -1.71. The summed E-state index contributed by atoms with van der Waals surface area (Å²) in [6.45, 7) is 0.590. The van der Waals surface area contributed by atoms with Crippen molar-refractivity contribution in [1.82, 2.24) is 5.32 Å². The monoisotopic (exact) mass is 133 g/mol. The van der Waals surface area contributed by atoms with E-state index in [4.69, 9.17) is 15.3 Å². The molecule has 0 saturated carbocycles. The lowest BCUT2D eigenvalue weighted by atomic mass is 10.0. The molecule has 0 radical (unpaired) electrons. The molecular formula is C5H11NO3. The van der Waals surface area contributed by atoms with Crippen LogP contribution in [0.15, 0.2) is 0 Å². The molecule has 0 unspecified atom stereocenters. The zero-order chi connectivity index (χ0) is 6.91. The quantitative estimate of drug-likeness (QED) is 0.289. The van der Waals surface area contributed by atoms with Crippen LogP contribution in [0.3, 0.4) is 0 Å². The highest BCUT2D eigenvalue weighted by Crippen LogP contribution is 2.11. The topological polar surface area (TPSA) is 72.7 Å². The van der Waals surface area contributed by atoms with Gasteiger partial charge in [0.2, 0.25) is 0 Å². The predicted molar refractivity (Wildman–Crippen MR) is 30.7 cm³/mol. The summed E-state index contributed by atoms with van der Waals surface area (Å²) in [7, 11) is 0. The SMILES string of the molecule is O[C@@H]1CNCC(O)(O)C1. The Bertz CT molecular complexity index is 104. The number of hydrogen-bond acceptors (Lipinski definition) is 4. The van der Waals surface area contributed by atoms with Crippen LogP contribution in [0.25, 0.3) is 0 Å². The highest BCUT2D eigenvalue weighted by molar-refractivity contribution is 4.79. The van der Waals surface area contributed by atoms with Gasteiger partial charge in [0.1, 0.15) is 0 Å². The molecule has 1 fully saturated rings. The Labute approximate surface area is 53.1 Å². The first kappa shape index (κ1) is 6.95. The Balaban J connectivity index is 2.41. The Kier molecular flexibility index (Phi) is 1.72. The minimum absolute atomic E-state index is 0.0417. The lowest BCUT2D eigenvalue weighted by Crippen LogP contribution is -2.51. The molecule has 1 saturated heterocycles. The standard InChI is InChI=1S/C5H11NO3/c7-4-1-5(8,9)3-6-2-4/h4,6-9H,1-3H2/t4-/m0/s1. The summed E-state index contributed by atoms with van der Waals surface area (Å²) in [6, 6.07) is 0. The number of aliphatic hydroxyl groups excluding tert-OH is 1. The Morgan fingerprint density at radius 1 is 1.44 bits per heavy atom. The molecule has 4 N–H and O–H groups in total. The highest BCUT2D eigenvalue weighted by Gasteiger charge is 2.30. The molecular weight excluding hydrogens is 122 g/mol. The molecule has 1 aliphatic heterocycles. The maximum absolute atomic E-state index is 8.88. The highest BCUT2D eigenvalue weighted by atomic mass is 16.5. The van der Waals surface area contributed by atoms with E-state index in [1.165, 1.54) is 0 Å². The lowest BCUT2D eigenvalue weighted by Gasteiger charge is -2.30. The first-order valence-electron chi connectivity index (χ1n) is 2.94. The maximum atomic E-state index is 8.88. The van der Waals surface area contributed by atoms with E-state index >= 15 is 0 Å². The summed E-state index contributed by atoms with van der Waals surface area (Å²) < 4.78 is 0. The van der Waals surface area contributed by atoms with Crippen molar-refractivity contribution in [1.29, 1.82) is 0 Å². The minimum Gasteiger partial charge on any atom is -0.392 e. The van der Waals surface area contributed by atoms with Crippen molar-refractivity contribution >= 4 is 0 Å². The van der Waals surface area contributed by atoms with Crippen LogP contribution in [0.4, 0.5) is 0 Å². The number of hydrogen-bond donors (Lipinski definition) is 4. The van der Waals surface area contributed by atoms with Crippen molar-refractivity contribution in [3.05, 3.63) is 0 Å². The number of β-amino-alcohol motifs (C(OH)–C–C–N with tert-alkyl or cyclic N) is 3. The zero-order valence-electron chi connectivity index (χ0n) is 5.04. The smallest absolute Gasteiger partial charge is 0.177 e. The molecule has 1 aliphatic rings. The van der Waals surface area contributed by atoms with Crippen molar-refractivity contribution in [2.45, 2.75) is 18.3 Å². The van der Waals surface area contributed by atoms with Crippen molar-refractivity contribution in [3.63, 3.8) is 0 Å². The normalized spacial score (nSPS) is 34.3. The summed E-state index contributed by atoms with van der Waals surface area (Å²) in [6.07, 6.45) is -0.589. The van der Waals surface area contributed by atoms with E-state index in [1.807, 2.05) is 0 Å². The molecule has 4 heteroatoms. The van der Waals surface area contributed by atoms with Crippen molar-refractivity contribution in [2.75, 3.05) is 13.1 Å². The Morgan fingerprint density at radius 2 is 2.11 bits per heavy atom. The van der Waals surface area contributed by atoms with E-state index in [-0.39, 0.29) is 13.0 Å². The van der Waals surface area contributed by atoms with Gasteiger partial charge in [-0.3, -0.25) is 0 Å². The Morgan fingerprint density at radius 3 is 2.44 bits per heavy atom. The third kappa shape index (κ3) is 1.91. The zero-order valence-corrected chi connectivity index (χ0v) is 5.04. The predicted octanol–water partition coefficient (Wildman–Crippen LogP) is -1.98. The van der Waals surface area contributed by atoms with E-state index in [2.05, 4.69) is 5.32 Å². The molecule has 0 spiro atoms. The van der Waals surface area contributed by atoms with E-state index in [9.17, 15) is 0 Å². The molecule has 4 nitrogen and oxygen atoms in total. The molecule has 54 valence electrons. The molecule has 0 bridgehead atoms. The number of nitrogens with one attached hydrogen (secondary N) is 1. The fourth-order valence-electron chi connectivity index (χ4n) is 0.961. The summed E-state index contributed by atoms with van der Waals surface area (Å²) in [5, 5.41) is 29.3. The fourth-order valence-corrected chi connectivity index (χ4v) is 0.961. The maximum Gasteiger partial charge on any atom is 0.177 e. The molecule has 0 aromatic carbocycles. The first-order chi connectivity index (χ1) is 4.10. The third-order valence-corrected chi connectivity index (χ3v) is 1.35. The van der Waals surface area contributed by atoms with Crippen LogP contribution in [-0.2, 0) is 0 Å². The van der Waals surface area contributed by atoms with Gasteiger partial charge in [0, 0.05) is 19.5 Å². The molecule has 1 rings (SSSR count). The third-order valence-electron chi connectivity index (χ3n) is 1.35. The molecule has 1 atom stereocenters. The molecule has 0 aliphatic carbocycles. The van der Waals surface area contributed by atoms with Gasteiger partial charge in [-0.25, -0.2) is 0 Å². The van der Waals surface area contributed by atoms with Crippen LogP contribution in [0.5, 0.6) is 0 Å². The number of piperidine rings is 1. The average molecular weight is 133 g/mol. The van der Waals surface area contributed by atoms with Gasteiger partial charge in [-0.2, -0.15) is 0 Å². The van der Waals surface area contributed by atoms with Crippen molar-refractivity contribution < 1.29 is 15.3 Å². The second-order valence-corrected chi connectivity index (χ2v) is 2.47. The summed E-state index contributed by atoms with van der Waals surface area (Å²) in [4.78, 5) is 0. The van der Waals surface area contributed by atoms with Crippen molar-refractivity contribution in [3.8, 4) is 0 Å². The first-order valence-corrected chi connectivity index (χ1v) is 2.94. The van der Waals surface area contributed by atoms with Crippen LogP contribution in [0.2, 0.25) is 0 Å². The van der Waals surface area contributed by atoms with E-state index in [0.717, 1.165) is 0 Å². The second-order valence-electron chi connectivity index (χ2n) is 2.47. The van der Waals surface area contributed by atoms with Gasteiger partial charge in [0.15, 0.2) is 5.79 Å². The van der Waals surface area contributed by atoms with Gasteiger partial charge in [-0.1, -0.05) is 0 Å². The van der Waals surface area contributed by atoms with Crippen LogP contribution >= 0.6 is 0 Å². The van der Waals surface area contributed by atoms with Crippen LogP contribution in [-0.4, -0.2) is 40.3 Å². The van der Waals surface area contributed by atoms with Gasteiger partial charge >= 0.3 is 0 Å². The number of aliphatic hydroxyl groups is 3. The lowest BCUT2D eigenvalue weighted by molar-refractivity contribution is -0.188. The van der Waals surface area contributed by atoms with E-state index in [1.54, 1.807) is 0 Å². The average Bonchev–Trinajstić information content (AvgIpc) is 1.60. The minimum atomic E-state index is -1.71. The number of rotatable bonds is 0. The largest absolute Gasteiger partial charge is 0.392 e. The Hall–Kier alpha value is -0.160. The summed E-state index contributed by atoms with van der Waals surface area (Å²) in [5.41, 5.74) is 0. The molecule has 0 amide bonds.